The lowest BCUT2D eigenvalue weighted by molar-refractivity contribution is -0.133. The number of amides is 1. The van der Waals surface area contributed by atoms with E-state index in [9.17, 15) is 9.90 Å². The molecule has 5 aromatic carbocycles. The van der Waals surface area contributed by atoms with E-state index in [0.29, 0.717) is 28.3 Å². The predicted octanol–water partition coefficient (Wildman–Crippen LogP) is 6.28. The van der Waals surface area contributed by atoms with Crippen molar-refractivity contribution in [2.24, 2.45) is 0 Å². The molecule has 0 aliphatic carbocycles. The number of para-hydroxylation sites is 1. The first-order valence-electron chi connectivity index (χ1n) is 13.1. The minimum Gasteiger partial charge on any atom is -0.497 e. The fourth-order valence-corrected chi connectivity index (χ4v) is 5.88. The largest absolute Gasteiger partial charge is 0.497 e. The van der Waals surface area contributed by atoms with Crippen LogP contribution in [0.15, 0.2) is 133 Å². The molecular formula is C35H29NO4. The quantitative estimate of drug-likeness (QED) is 0.253. The number of benzene rings is 5. The Balaban J connectivity index is 1.73. The van der Waals surface area contributed by atoms with E-state index in [1.165, 1.54) is 0 Å². The van der Waals surface area contributed by atoms with Crippen molar-refractivity contribution >= 4 is 11.6 Å². The predicted molar refractivity (Wildman–Crippen MR) is 156 cm³/mol. The van der Waals surface area contributed by atoms with Gasteiger partial charge in [0.15, 0.2) is 5.60 Å². The highest BCUT2D eigenvalue weighted by Crippen LogP contribution is 2.54. The molecule has 40 heavy (non-hydrogen) atoms. The summed E-state index contributed by atoms with van der Waals surface area (Å²) in [4.78, 5) is 16.7. The van der Waals surface area contributed by atoms with Gasteiger partial charge in [-0.2, -0.15) is 0 Å². The number of carbonyl (C=O) groups is 1. The fourth-order valence-electron chi connectivity index (χ4n) is 5.88. The summed E-state index contributed by atoms with van der Waals surface area (Å²) in [5.41, 5.74) is 1.20. The van der Waals surface area contributed by atoms with Crippen LogP contribution in [-0.4, -0.2) is 25.2 Å². The topological polar surface area (TPSA) is 59.0 Å². The average molecular weight is 528 g/mol. The van der Waals surface area contributed by atoms with E-state index in [-0.39, 0.29) is 0 Å². The van der Waals surface area contributed by atoms with E-state index in [0.717, 1.165) is 16.7 Å². The van der Waals surface area contributed by atoms with Gasteiger partial charge in [-0.05, 0) is 52.6 Å². The molecule has 6 rings (SSSR count). The molecule has 1 amide bonds. The van der Waals surface area contributed by atoms with Crippen LogP contribution in [0, 0.1) is 0 Å². The number of hydrogen-bond acceptors (Lipinski definition) is 4. The molecule has 0 bridgehead atoms. The summed E-state index contributed by atoms with van der Waals surface area (Å²) in [7, 11) is 3.26. The monoisotopic (exact) mass is 527 g/mol. The molecule has 198 valence electrons. The van der Waals surface area contributed by atoms with Crippen LogP contribution in [0.2, 0.25) is 0 Å². The van der Waals surface area contributed by atoms with E-state index in [1.54, 1.807) is 31.3 Å². The van der Waals surface area contributed by atoms with Gasteiger partial charge in [-0.15, -0.1) is 0 Å². The first-order chi connectivity index (χ1) is 19.5. The number of nitrogens with zero attached hydrogens (tertiary/aromatic N) is 1. The van der Waals surface area contributed by atoms with E-state index < -0.39 is 17.0 Å². The average Bonchev–Trinajstić information content (AvgIpc) is 3.26. The SMILES string of the molecule is COc1ccc(C(c2ccccc2)(c2ccc(OC)cc2)N2C(=O)[C@](O)(c3ccccc3)c3ccccc32)cc1. The van der Waals surface area contributed by atoms with Crippen molar-refractivity contribution in [3.8, 4) is 11.5 Å². The van der Waals surface area contributed by atoms with Crippen molar-refractivity contribution in [2.75, 3.05) is 19.1 Å². The third-order valence-corrected chi connectivity index (χ3v) is 7.78. The molecule has 1 N–H and O–H groups in total. The smallest absolute Gasteiger partial charge is 0.269 e. The first-order valence-corrected chi connectivity index (χ1v) is 13.1. The van der Waals surface area contributed by atoms with Gasteiger partial charge in [0.2, 0.25) is 0 Å². The summed E-state index contributed by atoms with van der Waals surface area (Å²) in [5.74, 6) is 0.971. The number of hydrogen-bond donors (Lipinski definition) is 1. The van der Waals surface area contributed by atoms with E-state index >= 15 is 0 Å². The molecule has 0 saturated heterocycles. The van der Waals surface area contributed by atoms with Crippen LogP contribution in [0.5, 0.6) is 11.5 Å². The van der Waals surface area contributed by atoms with Crippen LogP contribution in [0.3, 0.4) is 0 Å². The summed E-state index contributed by atoms with van der Waals surface area (Å²) in [5, 5.41) is 12.4. The first kappa shape index (κ1) is 25.4. The van der Waals surface area contributed by atoms with Crippen LogP contribution in [-0.2, 0) is 15.9 Å². The Morgan fingerprint density at radius 2 is 1.05 bits per heavy atom. The molecule has 1 heterocycles. The third kappa shape index (κ3) is 3.70. The highest BCUT2D eigenvalue weighted by atomic mass is 16.5. The highest BCUT2D eigenvalue weighted by molar-refractivity contribution is 6.11. The van der Waals surface area contributed by atoms with Gasteiger partial charge in [-0.1, -0.05) is 103 Å². The fraction of sp³-hybridized carbons (Fsp3) is 0.114. The van der Waals surface area contributed by atoms with Gasteiger partial charge in [0.25, 0.3) is 5.91 Å². The number of methoxy groups -OCH3 is 2. The summed E-state index contributed by atoms with van der Waals surface area (Å²) >= 11 is 0. The normalized spacial score (nSPS) is 16.5. The number of aliphatic hydroxyl groups is 1. The van der Waals surface area contributed by atoms with Crippen LogP contribution in [0.1, 0.15) is 27.8 Å². The van der Waals surface area contributed by atoms with Crippen molar-refractivity contribution in [1.29, 1.82) is 0 Å². The Kier molecular flexibility index (Phi) is 6.37. The Morgan fingerprint density at radius 1 is 0.600 bits per heavy atom. The maximum Gasteiger partial charge on any atom is 0.269 e. The second kappa shape index (κ2) is 10.0. The van der Waals surface area contributed by atoms with Crippen LogP contribution < -0.4 is 14.4 Å². The molecule has 0 fully saturated rings. The van der Waals surface area contributed by atoms with Gasteiger partial charge in [-0.3, -0.25) is 9.69 Å². The number of ether oxygens (including phenoxy) is 2. The van der Waals surface area contributed by atoms with E-state index in [1.807, 2.05) is 121 Å². The van der Waals surface area contributed by atoms with Crippen molar-refractivity contribution in [2.45, 2.75) is 11.1 Å². The molecule has 5 aromatic rings. The minimum absolute atomic E-state index is 0.435. The molecule has 0 spiro atoms. The van der Waals surface area contributed by atoms with Gasteiger partial charge >= 0.3 is 0 Å². The number of rotatable bonds is 7. The second-order valence-electron chi connectivity index (χ2n) is 9.77. The molecular weight excluding hydrogens is 498 g/mol. The summed E-state index contributed by atoms with van der Waals surface area (Å²) in [6.45, 7) is 0. The number of anilines is 1. The lowest BCUT2D eigenvalue weighted by Gasteiger charge is -2.44. The Labute approximate surface area is 233 Å². The second-order valence-corrected chi connectivity index (χ2v) is 9.77. The maximum absolute atomic E-state index is 14.9. The van der Waals surface area contributed by atoms with Gasteiger partial charge < -0.3 is 14.6 Å². The van der Waals surface area contributed by atoms with Crippen molar-refractivity contribution < 1.29 is 19.4 Å². The van der Waals surface area contributed by atoms with Gasteiger partial charge in [0.1, 0.15) is 17.0 Å². The number of fused-ring (bicyclic) bond motifs is 1. The minimum atomic E-state index is -1.88. The summed E-state index contributed by atoms with van der Waals surface area (Å²) < 4.78 is 11.0. The van der Waals surface area contributed by atoms with Crippen molar-refractivity contribution in [3.05, 3.63) is 161 Å². The van der Waals surface area contributed by atoms with E-state index in [4.69, 9.17) is 9.47 Å². The molecule has 5 heteroatoms. The standard InChI is InChI=1S/C35H29NO4/c1-39-29-21-17-26(18-22-29)34(25-11-5-3-6-12-25,27-19-23-30(40-2)24-20-27)36-32-16-10-9-15-31(32)35(38,33(36)37)28-13-7-4-8-14-28/h3-24,38H,1-2H3/t35-/m0/s1. The zero-order valence-corrected chi connectivity index (χ0v) is 22.3. The molecule has 0 aromatic heterocycles. The summed E-state index contributed by atoms with van der Waals surface area (Å²) in [6, 6.07) is 42.0. The Bertz CT molecular complexity index is 1590. The summed E-state index contributed by atoms with van der Waals surface area (Å²) in [6.07, 6.45) is 0. The third-order valence-electron chi connectivity index (χ3n) is 7.78. The van der Waals surface area contributed by atoms with Gasteiger partial charge in [-0.25, -0.2) is 0 Å². The van der Waals surface area contributed by atoms with Gasteiger partial charge in [0.05, 0.1) is 19.9 Å². The molecule has 1 aliphatic rings. The van der Waals surface area contributed by atoms with Gasteiger partial charge in [0, 0.05) is 5.56 Å². The van der Waals surface area contributed by atoms with Crippen molar-refractivity contribution in [3.63, 3.8) is 0 Å². The lowest BCUT2D eigenvalue weighted by Crippen LogP contribution is -2.53. The van der Waals surface area contributed by atoms with Crippen LogP contribution in [0.25, 0.3) is 0 Å². The zero-order chi connectivity index (χ0) is 27.7. The number of carbonyl (C=O) groups excluding carboxylic acids is 1. The Hall–Kier alpha value is -4.87. The molecule has 0 unspecified atom stereocenters. The van der Waals surface area contributed by atoms with Crippen molar-refractivity contribution in [1.82, 2.24) is 0 Å². The highest BCUT2D eigenvalue weighted by Gasteiger charge is 2.58. The molecule has 0 saturated carbocycles. The van der Waals surface area contributed by atoms with E-state index in [2.05, 4.69) is 0 Å². The lowest BCUT2D eigenvalue weighted by atomic mass is 9.75. The molecule has 1 atom stereocenters. The zero-order valence-electron chi connectivity index (χ0n) is 22.3. The molecule has 1 aliphatic heterocycles. The Morgan fingerprint density at radius 3 is 1.57 bits per heavy atom. The molecule has 0 radical (unpaired) electrons. The van der Waals surface area contributed by atoms with Crippen LogP contribution >= 0.6 is 0 Å². The van der Waals surface area contributed by atoms with Crippen LogP contribution in [0.4, 0.5) is 5.69 Å². The molecule has 5 nitrogen and oxygen atoms in total. The maximum atomic E-state index is 14.9.